The Hall–Kier alpha value is -1.84. The largest absolute Gasteiger partial charge is 0.508 e. The lowest BCUT2D eigenvalue weighted by Gasteiger charge is -1.82. The maximum absolute atomic E-state index is 9.59. The van der Waals surface area contributed by atoms with E-state index in [4.69, 9.17) is 5.11 Å². The summed E-state index contributed by atoms with van der Waals surface area (Å²) >= 11 is 0. The Kier molecular flexibility index (Phi) is 5.88. The molecule has 1 N–H and O–H groups in total. The first kappa shape index (κ1) is 11.2. The molecule has 0 aliphatic carbocycles. The van der Waals surface area contributed by atoms with Crippen LogP contribution in [0.1, 0.15) is 0 Å². The smallest absolute Gasteiger partial charge is 0.371 e. The first-order chi connectivity index (χ1) is 6.20. The summed E-state index contributed by atoms with van der Waals surface area (Å²) in [5.41, 5.74) is 0. The highest BCUT2D eigenvalue weighted by molar-refractivity contribution is 6.20. The molecule has 0 saturated heterocycles. The van der Waals surface area contributed by atoms with Gasteiger partial charge in [-0.05, 0) is 12.1 Å². The number of aldehydes is 1. The Morgan fingerprint density at radius 3 is 2.08 bits per heavy atom. The van der Waals surface area contributed by atoms with Crippen LogP contribution in [0.4, 0.5) is 0 Å². The lowest BCUT2D eigenvalue weighted by atomic mass is 10.3. The number of phenols is 1. The van der Waals surface area contributed by atoms with E-state index in [1.807, 2.05) is 6.07 Å². The average Bonchev–Trinajstić information content (AvgIpc) is 2.19. The van der Waals surface area contributed by atoms with Crippen LogP contribution in [0.3, 0.4) is 0 Å². The molecular formula is C9H10O4. The van der Waals surface area contributed by atoms with Crippen LogP contribution in [0.25, 0.3) is 0 Å². The molecule has 70 valence electrons. The predicted octanol–water partition coefficient (Wildman–Crippen LogP) is 0.750. The second-order valence-corrected chi connectivity index (χ2v) is 1.98. The van der Waals surface area contributed by atoms with E-state index in [1.54, 1.807) is 24.3 Å². The molecule has 1 aromatic carbocycles. The van der Waals surface area contributed by atoms with Crippen molar-refractivity contribution >= 4 is 12.3 Å². The fourth-order valence-electron chi connectivity index (χ4n) is 0.476. The molecule has 0 fully saturated rings. The number of para-hydroxylation sites is 1. The fraction of sp³-hybridized carbons (Fsp3) is 0.111. The summed E-state index contributed by atoms with van der Waals surface area (Å²) in [5.74, 6) is -0.516. The van der Waals surface area contributed by atoms with Crippen LogP contribution in [0, 0.1) is 0 Å². The normalized spacial score (nSPS) is 7.77. The molecule has 0 atom stereocenters. The number of benzene rings is 1. The van der Waals surface area contributed by atoms with Crippen molar-refractivity contribution in [2.45, 2.75) is 0 Å². The van der Waals surface area contributed by atoms with Gasteiger partial charge < -0.3 is 9.84 Å². The molecule has 13 heavy (non-hydrogen) atoms. The number of carbonyl (C=O) groups excluding carboxylic acids is 2. The quantitative estimate of drug-likeness (QED) is 0.395. The summed E-state index contributed by atoms with van der Waals surface area (Å²) in [6.45, 7) is 0. The monoisotopic (exact) mass is 182 g/mol. The van der Waals surface area contributed by atoms with Crippen LogP contribution in [-0.4, -0.2) is 24.5 Å². The van der Waals surface area contributed by atoms with Crippen molar-refractivity contribution in [3.63, 3.8) is 0 Å². The molecule has 0 radical (unpaired) electrons. The van der Waals surface area contributed by atoms with Gasteiger partial charge in [-0.25, -0.2) is 4.79 Å². The number of rotatable bonds is 1. The SMILES string of the molecule is COC(=O)C=O.Oc1ccccc1. The molecule has 0 aromatic heterocycles. The zero-order chi connectivity index (χ0) is 10.1. The topological polar surface area (TPSA) is 63.6 Å². The molecule has 0 unspecified atom stereocenters. The molecule has 0 spiro atoms. The van der Waals surface area contributed by atoms with Crippen molar-refractivity contribution < 1.29 is 19.4 Å². The number of aromatic hydroxyl groups is 1. The lowest BCUT2D eigenvalue weighted by molar-refractivity contribution is -0.146. The maximum atomic E-state index is 9.59. The number of carbonyl (C=O) groups is 2. The van der Waals surface area contributed by atoms with E-state index in [0.717, 1.165) is 7.11 Å². The van der Waals surface area contributed by atoms with Crippen LogP contribution in [0.5, 0.6) is 5.75 Å². The van der Waals surface area contributed by atoms with E-state index in [-0.39, 0.29) is 6.29 Å². The van der Waals surface area contributed by atoms with E-state index < -0.39 is 5.97 Å². The molecule has 0 bridgehead atoms. The van der Waals surface area contributed by atoms with Crippen molar-refractivity contribution in [1.82, 2.24) is 0 Å². The standard InChI is InChI=1S/C6H6O.C3H4O3/c7-6-4-2-1-3-5-6;1-6-3(5)2-4/h1-5,7H;2H,1H3. The number of ether oxygens (including phenoxy) is 1. The molecule has 0 heterocycles. The van der Waals surface area contributed by atoms with Crippen molar-refractivity contribution in [2.24, 2.45) is 0 Å². The van der Waals surface area contributed by atoms with Gasteiger partial charge in [-0.1, -0.05) is 18.2 Å². The van der Waals surface area contributed by atoms with Gasteiger partial charge in [0.15, 0.2) is 0 Å². The van der Waals surface area contributed by atoms with Gasteiger partial charge in [0, 0.05) is 0 Å². The number of methoxy groups -OCH3 is 1. The number of phenolic OH excluding ortho intramolecular Hbond substituents is 1. The summed E-state index contributed by atoms with van der Waals surface area (Å²) in [5, 5.41) is 8.63. The highest BCUT2D eigenvalue weighted by atomic mass is 16.5. The molecular weight excluding hydrogens is 172 g/mol. The molecule has 4 heteroatoms. The van der Waals surface area contributed by atoms with E-state index in [9.17, 15) is 9.59 Å². The average molecular weight is 182 g/mol. The van der Waals surface area contributed by atoms with E-state index in [2.05, 4.69) is 4.74 Å². The number of esters is 1. The molecule has 1 aromatic rings. The Balaban J connectivity index is 0.000000226. The maximum Gasteiger partial charge on any atom is 0.371 e. The minimum absolute atomic E-state index is 0.111. The van der Waals surface area contributed by atoms with Crippen LogP contribution in [0.15, 0.2) is 30.3 Å². The Morgan fingerprint density at radius 1 is 1.38 bits per heavy atom. The Morgan fingerprint density at radius 2 is 1.92 bits per heavy atom. The first-order valence-electron chi connectivity index (χ1n) is 3.48. The highest BCUT2D eigenvalue weighted by Crippen LogP contribution is 2.02. The second kappa shape index (κ2) is 6.84. The van der Waals surface area contributed by atoms with Crippen molar-refractivity contribution in [1.29, 1.82) is 0 Å². The van der Waals surface area contributed by atoms with Gasteiger partial charge >= 0.3 is 5.97 Å². The molecule has 4 nitrogen and oxygen atoms in total. The molecule has 0 aliphatic rings. The van der Waals surface area contributed by atoms with Crippen LogP contribution >= 0.6 is 0 Å². The molecule has 0 amide bonds. The van der Waals surface area contributed by atoms with Gasteiger partial charge in [0.05, 0.1) is 7.11 Å². The van der Waals surface area contributed by atoms with Crippen LogP contribution in [-0.2, 0) is 14.3 Å². The molecule has 0 saturated carbocycles. The van der Waals surface area contributed by atoms with Gasteiger partial charge in [-0.2, -0.15) is 0 Å². The summed E-state index contributed by atoms with van der Waals surface area (Å²) in [6.07, 6.45) is 0.111. The molecule has 1 rings (SSSR count). The van der Waals surface area contributed by atoms with Crippen molar-refractivity contribution in [2.75, 3.05) is 7.11 Å². The third-order valence-electron chi connectivity index (χ3n) is 1.05. The van der Waals surface area contributed by atoms with Crippen molar-refractivity contribution in [3.05, 3.63) is 30.3 Å². The number of hydrogen-bond acceptors (Lipinski definition) is 4. The van der Waals surface area contributed by atoms with Gasteiger partial charge in [-0.3, -0.25) is 4.79 Å². The zero-order valence-corrected chi connectivity index (χ0v) is 7.14. The Labute approximate surface area is 75.8 Å². The summed E-state index contributed by atoms with van der Waals surface area (Å²) in [7, 11) is 1.15. The number of hydrogen-bond donors (Lipinski definition) is 1. The van der Waals surface area contributed by atoms with Crippen molar-refractivity contribution in [3.8, 4) is 5.75 Å². The summed E-state index contributed by atoms with van der Waals surface area (Å²) < 4.78 is 3.89. The van der Waals surface area contributed by atoms with Gasteiger partial charge in [0.25, 0.3) is 0 Å². The minimum atomic E-state index is -0.838. The van der Waals surface area contributed by atoms with E-state index >= 15 is 0 Å². The van der Waals surface area contributed by atoms with Crippen LogP contribution < -0.4 is 0 Å². The van der Waals surface area contributed by atoms with Crippen LogP contribution in [0.2, 0.25) is 0 Å². The van der Waals surface area contributed by atoms with Gasteiger partial charge in [-0.15, -0.1) is 0 Å². The lowest BCUT2D eigenvalue weighted by Crippen LogP contribution is -1.98. The zero-order valence-electron chi connectivity index (χ0n) is 7.14. The van der Waals surface area contributed by atoms with E-state index in [1.165, 1.54) is 0 Å². The summed E-state index contributed by atoms with van der Waals surface area (Å²) in [4.78, 5) is 18.9. The fourth-order valence-corrected chi connectivity index (χ4v) is 0.476. The highest BCUT2D eigenvalue weighted by Gasteiger charge is 1.88. The van der Waals surface area contributed by atoms with E-state index in [0.29, 0.717) is 5.75 Å². The minimum Gasteiger partial charge on any atom is -0.508 e. The third kappa shape index (κ3) is 6.55. The Bertz CT molecular complexity index is 256. The first-order valence-corrected chi connectivity index (χ1v) is 3.48. The van der Waals surface area contributed by atoms with Gasteiger partial charge in [0.1, 0.15) is 5.75 Å². The second-order valence-electron chi connectivity index (χ2n) is 1.98. The molecule has 0 aliphatic heterocycles. The van der Waals surface area contributed by atoms with Gasteiger partial charge in [0.2, 0.25) is 6.29 Å². The third-order valence-corrected chi connectivity index (χ3v) is 1.05. The summed E-state index contributed by atoms with van der Waals surface area (Å²) in [6, 6.07) is 8.71. The predicted molar refractivity (Wildman–Crippen MR) is 46.2 cm³/mol.